The summed E-state index contributed by atoms with van der Waals surface area (Å²) >= 11 is 0. The lowest BCUT2D eigenvalue weighted by Gasteiger charge is -2.38. The molecule has 0 amide bonds. The third-order valence-electron chi connectivity index (χ3n) is 4.72. The summed E-state index contributed by atoms with van der Waals surface area (Å²) in [7, 11) is 1.81. The van der Waals surface area contributed by atoms with Crippen molar-refractivity contribution in [2.75, 3.05) is 26.8 Å². The van der Waals surface area contributed by atoms with Crippen molar-refractivity contribution >= 4 is 5.96 Å². The van der Waals surface area contributed by atoms with Gasteiger partial charge in [-0.15, -0.1) is 0 Å². The maximum absolute atomic E-state index is 6.10. The van der Waals surface area contributed by atoms with Crippen LogP contribution >= 0.6 is 0 Å². The van der Waals surface area contributed by atoms with Gasteiger partial charge in [0.05, 0.1) is 6.04 Å². The monoisotopic (exact) mass is 345 g/mol. The largest absolute Gasteiger partial charge is 0.487 e. The van der Waals surface area contributed by atoms with Crippen LogP contribution in [0.25, 0.3) is 0 Å². The third-order valence-corrected chi connectivity index (χ3v) is 4.72. The normalized spacial score (nSPS) is 22.0. The van der Waals surface area contributed by atoms with Crippen molar-refractivity contribution in [3.8, 4) is 5.75 Å². The van der Waals surface area contributed by atoms with Crippen LogP contribution in [0.3, 0.4) is 0 Å². The summed E-state index contributed by atoms with van der Waals surface area (Å²) in [5.74, 6) is 2.62. The van der Waals surface area contributed by atoms with Crippen LogP contribution in [-0.4, -0.2) is 38.4 Å². The van der Waals surface area contributed by atoms with Crippen LogP contribution in [0, 0.1) is 5.92 Å². The number of fused-ring (bicyclic) bond motifs is 1. The first kappa shape index (κ1) is 18.1. The molecule has 1 aliphatic carbocycles. The Bertz CT molecular complexity index is 596. The highest BCUT2D eigenvalue weighted by molar-refractivity contribution is 5.80. The lowest BCUT2D eigenvalue weighted by Crippen LogP contribution is -2.45. The van der Waals surface area contributed by atoms with Crippen molar-refractivity contribution in [3.05, 3.63) is 29.8 Å². The van der Waals surface area contributed by atoms with Crippen molar-refractivity contribution in [1.82, 2.24) is 10.6 Å². The Morgan fingerprint density at radius 1 is 1.32 bits per heavy atom. The molecule has 138 valence electrons. The van der Waals surface area contributed by atoms with Crippen molar-refractivity contribution in [2.45, 2.75) is 51.2 Å². The molecule has 2 N–H and O–H groups in total. The van der Waals surface area contributed by atoms with E-state index in [1.54, 1.807) is 0 Å². The molecule has 0 spiro atoms. The number of nitrogens with zero attached hydrogens (tertiary/aromatic N) is 1. The van der Waals surface area contributed by atoms with E-state index >= 15 is 0 Å². The van der Waals surface area contributed by atoms with Crippen LogP contribution in [0.5, 0.6) is 5.75 Å². The Kier molecular flexibility index (Phi) is 5.84. The van der Waals surface area contributed by atoms with Gasteiger partial charge in [0.25, 0.3) is 0 Å². The zero-order valence-electron chi connectivity index (χ0n) is 15.7. The molecule has 1 aromatic rings. The topological polar surface area (TPSA) is 54.9 Å². The van der Waals surface area contributed by atoms with Crippen molar-refractivity contribution in [1.29, 1.82) is 0 Å². The second-order valence-electron chi connectivity index (χ2n) is 7.67. The fourth-order valence-electron chi connectivity index (χ4n) is 3.21. The van der Waals surface area contributed by atoms with Gasteiger partial charge in [-0.3, -0.25) is 4.99 Å². The van der Waals surface area contributed by atoms with Gasteiger partial charge < -0.3 is 20.1 Å². The van der Waals surface area contributed by atoms with E-state index in [0.29, 0.717) is 0 Å². The molecule has 2 aliphatic rings. The Balaban J connectivity index is 1.49. The molecule has 3 rings (SSSR count). The molecule has 1 saturated carbocycles. The number of aliphatic imine (C=N–C) groups is 1. The highest BCUT2D eigenvalue weighted by Gasteiger charge is 2.33. The summed E-state index contributed by atoms with van der Waals surface area (Å²) in [6.07, 6.45) is 4.58. The van der Waals surface area contributed by atoms with E-state index in [-0.39, 0.29) is 11.6 Å². The SMILES string of the molecule is CN=C(NCCCOCC1CC1)NC1CC(C)(C)Oc2ccccc21. The molecular weight excluding hydrogens is 314 g/mol. The standard InChI is InChI=1S/C20H31N3O2/c1-20(2)13-17(16-7-4-5-8-18(16)25-20)23-19(21-3)22-11-6-12-24-14-15-9-10-15/h4-5,7-8,15,17H,6,9-14H2,1-3H3,(H2,21,22,23). The summed E-state index contributed by atoms with van der Waals surface area (Å²) in [5, 5.41) is 6.95. The van der Waals surface area contributed by atoms with Gasteiger partial charge in [0.2, 0.25) is 0 Å². The fourth-order valence-corrected chi connectivity index (χ4v) is 3.21. The van der Waals surface area contributed by atoms with Gasteiger partial charge in [-0.05, 0) is 45.1 Å². The van der Waals surface area contributed by atoms with Crippen LogP contribution in [0.4, 0.5) is 0 Å². The number of hydrogen-bond acceptors (Lipinski definition) is 3. The van der Waals surface area contributed by atoms with E-state index in [1.165, 1.54) is 18.4 Å². The molecule has 25 heavy (non-hydrogen) atoms. The summed E-state index contributed by atoms with van der Waals surface area (Å²) < 4.78 is 11.8. The number of guanidine groups is 1. The Morgan fingerprint density at radius 2 is 2.12 bits per heavy atom. The second-order valence-corrected chi connectivity index (χ2v) is 7.67. The maximum Gasteiger partial charge on any atom is 0.191 e. The number of benzene rings is 1. The van der Waals surface area contributed by atoms with Gasteiger partial charge >= 0.3 is 0 Å². The van der Waals surface area contributed by atoms with Gasteiger partial charge in [-0.25, -0.2) is 0 Å². The quantitative estimate of drug-likeness (QED) is 0.452. The zero-order valence-corrected chi connectivity index (χ0v) is 15.7. The van der Waals surface area contributed by atoms with E-state index in [4.69, 9.17) is 9.47 Å². The van der Waals surface area contributed by atoms with Crippen LogP contribution in [0.15, 0.2) is 29.3 Å². The van der Waals surface area contributed by atoms with Crippen molar-refractivity contribution in [3.63, 3.8) is 0 Å². The Hall–Kier alpha value is -1.75. The molecule has 1 aromatic carbocycles. The fraction of sp³-hybridized carbons (Fsp3) is 0.650. The minimum atomic E-state index is -0.193. The van der Waals surface area contributed by atoms with Gasteiger partial charge in [0.1, 0.15) is 11.4 Å². The first-order chi connectivity index (χ1) is 12.1. The minimum absolute atomic E-state index is 0.192. The first-order valence-electron chi connectivity index (χ1n) is 9.40. The molecule has 0 radical (unpaired) electrons. The molecule has 5 nitrogen and oxygen atoms in total. The number of hydrogen-bond donors (Lipinski definition) is 2. The predicted molar refractivity (Wildman–Crippen MR) is 101 cm³/mol. The molecule has 1 heterocycles. The molecule has 0 bridgehead atoms. The zero-order chi connectivity index (χ0) is 17.7. The molecule has 1 aliphatic heterocycles. The van der Waals surface area contributed by atoms with Crippen LogP contribution in [0.1, 0.15) is 51.1 Å². The molecule has 0 saturated heterocycles. The molecular formula is C20H31N3O2. The molecule has 1 unspecified atom stereocenters. The number of nitrogens with one attached hydrogen (secondary N) is 2. The maximum atomic E-state index is 6.10. The second kappa shape index (κ2) is 8.09. The Labute approximate surface area is 151 Å². The van der Waals surface area contributed by atoms with Crippen LogP contribution in [-0.2, 0) is 4.74 Å². The highest BCUT2D eigenvalue weighted by atomic mass is 16.5. The summed E-state index contributed by atoms with van der Waals surface area (Å²) in [5.41, 5.74) is 0.999. The predicted octanol–water partition coefficient (Wildman–Crippen LogP) is 3.27. The summed E-state index contributed by atoms with van der Waals surface area (Å²) in [6.45, 7) is 6.86. The van der Waals surface area contributed by atoms with Crippen molar-refractivity contribution < 1.29 is 9.47 Å². The van der Waals surface area contributed by atoms with Gasteiger partial charge in [-0.1, -0.05) is 18.2 Å². The van der Waals surface area contributed by atoms with E-state index in [0.717, 1.165) is 50.2 Å². The number of para-hydroxylation sites is 1. The highest BCUT2D eigenvalue weighted by Crippen LogP contribution is 2.39. The lowest BCUT2D eigenvalue weighted by atomic mass is 9.90. The number of ether oxygens (including phenoxy) is 2. The molecule has 1 atom stereocenters. The summed E-state index contributed by atoms with van der Waals surface area (Å²) in [4.78, 5) is 4.37. The number of rotatable bonds is 7. The summed E-state index contributed by atoms with van der Waals surface area (Å²) in [6, 6.07) is 8.44. The minimum Gasteiger partial charge on any atom is -0.487 e. The molecule has 0 aromatic heterocycles. The van der Waals surface area contributed by atoms with Gasteiger partial charge in [0, 0.05) is 38.8 Å². The van der Waals surface area contributed by atoms with E-state index in [2.05, 4.69) is 41.6 Å². The Morgan fingerprint density at radius 3 is 2.88 bits per heavy atom. The van der Waals surface area contributed by atoms with Crippen LogP contribution in [0.2, 0.25) is 0 Å². The van der Waals surface area contributed by atoms with Gasteiger partial charge in [0.15, 0.2) is 5.96 Å². The van der Waals surface area contributed by atoms with E-state index in [1.807, 2.05) is 19.2 Å². The first-order valence-corrected chi connectivity index (χ1v) is 9.40. The average Bonchev–Trinajstić information content (AvgIpc) is 3.40. The molecule has 5 heteroatoms. The van der Waals surface area contributed by atoms with Crippen molar-refractivity contribution in [2.24, 2.45) is 10.9 Å². The van der Waals surface area contributed by atoms with E-state index in [9.17, 15) is 0 Å². The lowest BCUT2D eigenvalue weighted by molar-refractivity contribution is 0.0694. The average molecular weight is 345 g/mol. The molecule has 1 fully saturated rings. The van der Waals surface area contributed by atoms with Crippen LogP contribution < -0.4 is 15.4 Å². The van der Waals surface area contributed by atoms with Gasteiger partial charge in [-0.2, -0.15) is 0 Å². The third kappa shape index (κ3) is 5.36. The smallest absolute Gasteiger partial charge is 0.191 e. The van der Waals surface area contributed by atoms with E-state index < -0.39 is 0 Å².